The molecule has 0 aliphatic rings. The van der Waals surface area contributed by atoms with Crippen molar-refractivity contribution in [2.75, 3.05) is 13.2 Å². The van der Waals surface area contributed by atoms with Crippen molar-refractivity contribution in [1.29, 1.82) is 0 Å². The lowest BCUT2D eigenvalue weighted by Crippen LogP contribution is -2.15. The molecule has 0 saturated heterocycles. The van der Waals surface area contributed by atoms with Crippen LogP contribution in [-0.2, 0) is 11.3 Å². The van der Waals surface area contributed by atoms with Gasteiger partial charge in [0.25, 0.3) is 0 Å². The normalized spacial score (nSPS) is 10.1. The molecule has 0 bridgehead atoms. The number of hydrogen-bond donors (Lipinski definition) is 2. The van der Waals surface area contributed by atoms with E-state index in [0.29, 0.717) is 6.61 Å². The Morgan fingerprint density at radius 2 is 2.31 bits per heavy atom. The first-order valence-corrected chi connectivity index (χ1v) is 5.43. The predicted molar refractivity (Wildman–Crippen MR) is 63.1 cm³/mol. The van der Waals surface area contributed by atoms with Gasteiger partial charge in [-0.25, -0.2) is 0 Å². The topological polar surface area (TPSA) is 64.3 Å². The Kier molecular flexibility index (Phi) is 5.36. The number of nitrogens with one attached hydrogen (secondary N) is 1. The van der Waals surface area contributed by atoms with Crippen molar-refractivity contribution in [2.24, 2.45) is 5.73 Å². The monoisotopic (exact) mass is 222 g/mol. The van der Waals surface area contributed by atoms with Crippen molar-refractivity contribution in [2.45, 2.75) is 19.9 Å². The summed E-state index contributed by atoms with van der Waals surface area (Å²) >= 11 is 0. The summed E-state index contributed by atoms with van der Waals surface area (Å²) in [6, 6.07) is 7.80. The zero-order valence-electron chi connectivity index (χ0n) is 9.53. The lowest BCUT2D eigenvalue weighted by atomic mass is 10.2. The molecule has 0 aromatic heterocycles. The van der Waals surface area contributed by atoms with E-state index in [-0.39, 0.29) is 12.3 Å². The van der Waals surface area contributed by atoms with Crippen LogP contribution in [0.25, 0.3) is 0 Å². The zero-order chi connectivity index (χ0) is 11.8. The van der Waals surface area contributed by atoms with Crippen molar-refractivity contribution in [3.63, 3.8) is 0 Å². The Morgan fingerprint density at radius 3 is 3.00 bits per heavy atom. The van der Waals surface area contributed by atoms with Crippen LogP contribution in [0.3, 0.4) is 0 Å². The summed E-state index contributed by atoms with van der Waals surface area (Å²) in [4.78, 5) is 10.5. The van der Waals surface area contributed by atoms with Crippen molar-refractivity contribution in [3.05, 3.63) is 29.8 Å². The molecule has 4 nitrogen and oxygen atoms in total. The van der Waals surface area contributed by atoms with Crippen LogP contribution in [0.1, 0.15) is 18.9 Å². The van der Waals surface area contributed by atoms with E-state index in [1.807, 2.05) is 24.3 Å². The molecule has 0 unspecified atom stereocenters. The molecule has 1 aromatic carbocycles. The molecule has 88 valence electrons. The summed E-state index contributed by atoms with van der Waals surface area (Å²) in [5, 5.41) is 3.24. The highest BCUT2D eigenvalue weighted by Crippen LogP contribution is 2.13. The minimum absolute atomic E-state index is 0.247. The van der Waals surface area contributed by atoms with Crippen LogP contribution in [0, 0.1) is 0 Å². The van der Waals surface area contributed by atoms with Gasteiger partial charge in [-0.05, 0) is 24.2 Å². The summed E-state index contributed by atoms with van der Waals surface area (Å²) in [5.41, 5.74) is 6.19. The number of ether oxygens (including phenoxy) is 1. The maximum absolute atomic E-state index is 10.5. The molecule has 3 N–H and O–H groups in total. The molecule has 0 radical (unpaired) electrons. The number of benzene rings is 1. The molecular weight excluding hydrogens is 204 g/mol. The molecule has 0 spiro atoms. The number of nitrogens with two attached hydrogens (primary N) is 1. The van der Waals surface area contributed by atoms with Crippen LogP contribution in [0.5, 0.6) is 5.75 Å². The Morgan fingerprint density at radius 1 is 1.50 bits per heavy atom. The van der Waals surface area contributed by atoms with E-state index in [0.717, 1.165) is 18.8 Å². The summed E-state index contributed by atoms with van der Waals surface area (Å²) in [6.07, 6.45) is 0.247. The third-order valence-electron chi connectivity index (χ3n) is 2.09. The molecule has 0 atom stereocenters. The van der Waals surface area contributed by atoms with Crippen LogP contribution < -0.4 is 15.8 Å². The van der Waals surface area contributed by atoms with Gasteiger partial charge >= 0.3 is 0 Å². The Hall–Kier alpha value is -1.55. The van der Waals surface area contributed by atoms with Crippen LogP contribution in [0.15, 0.2) is 24.3 Å². The van der Waals surface area contributed by atoms with Gasteiger partial charge in [0.05, 0.1) is 13.0 Å². The van der Waals surface area contributed by atoms with E-state index in [2.05, 4.69) is 12.2 Å². The summed E-state index contributed by atoms with van der Waals surface area (Å²) in [5.74, 6) is 0.431. The van der Waals surface area contributed by atoms with Crippen LogP contribution in [-0.4, -0.2) is 19.1 Å². The van der Waals surface area contributed by atoms with Crippen LogP contribution in [0.2, 0.25) is 0 Å². The van der Waals surface area contributed by atoms with Gasteiger partial charge in [-0.15, -0.1) is 0 Å². The van der Waals surface area contributed by atoms with Gasteiger partial charge in [0.2, 0.25) is 5.91 Å². The second-order valence-electron chi connectivity index (χ2n) is 3.49. The summed E-state index contributed by atoms with van der Waals surface area (Å²) < 4.78 is 5.41. The molecule has 1 amide bonds. The first-order valence-electron chi connectivity index (χ1n) is 5.43. The number of rotatable bonds is 7. The van der Waals surface area contributed by atoms with E-state index in [9.17, 15) is 4.79 Å². The largest absolute Gasteiger partial charge is 0.493 e. The van der Waals surface area contributed by atoms with Crippen molar-refractivity contribution in [1.82, 2.24) is 5.32 Å². The van der Waals surface area contributed by atoms with Gasteiger partial charge in [0.15, 0.2) is 0 Å². The number of carbonyl (C=O) groups is 1. The molecule has 16 heavy (non-hydrogen) atoms. The fraction of sp³-hybridized carbons (Fsp3) is 0.417. The Bertz CT molecular complexity index is 340. The minimum atomic E-state index is -0.344. The molecule has 1 aromatic rings. The fourth-order valence-corrected chi connectivity index (χ4v) is 1.28. The third-order valence-corrected chi connectivity index (χ3v) is 2.09. The van der Waals surface area contributed by atoms with Gasteiger partial charge in [0, 0.05) is 6.54 Å². The third kappa shape index (κ3) is 4.79. The summed E-state index contributed by atoms with van der Waals surface area (Å²) in [7, 11) is 0. The quantitative estimate of drug-likeness (QED) is 0.724. The highest BCUT2D eigenvalue weighted by molar-refractivity contribution is 5.73. The minimum Gasteiger partial charge on any atom is -0.493 e. The van der Waals surface area contributed by atoms with E-state index < -0.39 is 0 Å². The molecule has 0 fully saturated rings. The first-order chi connectivity index (χ1) is 7.72. The highest BCUT2D eigenvalue weighted by atomic mass is 16.5. The van der Waals surface area contributed by atoms with Crippen LogP contribution >= 0.6 is 0 Å². The number of hydrogen-bond acceptors (Lipinski definition) is 3. The average Bonchev–Trinajstić information content (AvgIpc) is 2.26. The molecule has 0 heterocycles. The first kappa shape index (κ1) is 12.5. The number of carbonyl (C=O) groups excluding carboxylic acids is 1. The van der Waals surface area contributed by atoms with E-state index >= 15 is 0 Å². The predicted octanol–water partition coefficient (Wildman–Crippen LogP) is 1.05. The maximum atomic E-state index is 10.5. The number of primary amides is 1. The Labute approximate surface area is 95.8 Å². The average molecular weight is 222 g/mol. The van der Waals surface area contributed by atoms with Gasteiger partial charge in [-0.3, -0.25) is 4.79 Å². The molecular formula is C12H18N2O2. The SMILES string of the molecule is CCNCc1cccc(OCCC(N)=O)c1. The lowest BCUT2D eigenvalue weighted by Gasteiger charge is -2.07. The second-order valence-corrected chi connectivity index (χ2v) is 3.49. The standard InChI is InChI=1S/C12H18N2O2/c1-2-14-9-10-4-3-5-11(8-10)16-7-6-12(13)15/h3-5,8,14H,2,6-7,9H2,1H3,(H2,13,15). The van der Waals surface area contributed by atoms with E-state index in [1.165, 1.54) is 5.56 Å². The number of amides is 1. The van der Waals surface area contributed by atoms with Crippen LogP contribution in [0.4, 0.5) is 0 Å². The van der Waals surface area contributed by atoms with Crippen molar-refractivity contribution >= 4 is 5.91 Å². The smallest absolute Gasteiger partial charge is 0.220 e. The van der Waals surface area contributed by atoms with Gasteiger partial charge in [-0.2, -0.15) is 0 Å². The Balaban J connectivity index is 2.43. The molecule has 0 aliphatic heterocycles. The summed E-state index contributed by atoms with van der Waals surface area (Å²) in [6.45, 7) is 4.16. The van der Waals surface area contributed by atoms with Gasteiger partial charge < -0.3 is 15.8 Å². The van der Waals surface area contributed by atoms with Crippen molar-refractivity contribution < 1.29 is 9.53 Å². The second kappa shape index (κ2) is 6.85. The van der Waals surface area contributed by atoms with E-state index in [4.69, 9.17) is 10.5 Å². The lowest BCUT2D eigenvalue weighted by molar-refractivity contribution is -0.118. The molecule has 0 saturated carbocycles. The van der Waals surface area contributed by atoms with Gasteiger partial charge in [-0.1, -0.05) is 19.1 Å². The maximum Gasteiger partial charge on any atom is 0.220 e. The van der Waals surface area contributed by atoms with Gasteiger partial charge in [0.1, 0.15) is 5.75 Å². The fourth-order valence-electron chi connectivity index (χ4n) is 1.28. The molecule has 1 rings (SSSR count). The molecule has 4 heteroatoms. The zero-order valence-corrected chi connectivity index (χ0v) is 9.53. The van der Waals surface area contributed by atoms with E-state index in [1.54, 1.807) is 0 Å². The highest BCUT2D eigenvalue weighted by Gasteiger charge is 1.98. The van der Waals surface area contributed by atoms with Crippen molar-refractivity contribution in [3.8, 4) is 5.75 Å². The molecule has 0 aliphatic carbocycles.